The third-order valence-electron chi connectivity index (χ3n) is 7.01. The van der Waals surface area contributed by atoms with Gasteiger partial charge in [-0.05, 0) is 56.3 Å². The molecule has 0 saturated carbocycles. The highest BCUT2D eigenvalue weighted by Gasteiger charge is 2.29. The number of benzene rings is 1. The average Bonchev–Trinajstić information content (AvgIpc) is 2.84. The molecule has 164 valence electrons. The standard InChI is InChI=1S/C24H32N6O/c31-24(22-15-23(27-17-26-22)28-20-5-10-25-11-6-20)29-13-8-21(9-14-29)30-12-7-18-3-1-2-4-19(18)16-30/h1-4,15,17,20-21,25H,5-14,16H2,(H,26,27,28). The van der Waals surface area contributed by atoms with Gasteiger partial charge in [0.25, 0.3) is 5.91 Å². The van der Waals surface area contributed by atoms with Gasteiger partial charge in [-0.3, -0.25) is 9.69 Å². The number of carbonyl (C=O) groups excluding carboxylic acids is 1. The first-order valence-corrected chi connectivity index (χ1v) is 11.7. The van der Waals surface area contributed by atoms with Crippen molar-refractivity contribution in [3.63, 3.8) is 0 Å². The molecule has 1 aromatic carbocycles. The molecule has 7 nitrogen and oxygen atoms in total. The summed E-state index contributed by atoms with van der Waals surface area (Å²) < 4.78 is 0. The highest BCUT2D eigenvalue weighted by Crippen LogP contribution is 2.25. The molecule has 0 unspecified atom stereocenters. The van der Waals surface area contributed by atoms with Crippen LogP contribution in [0.4, 0.5) is 5.82 Å². The predicted molar refractivity (Wildman–Crippen MR) is 121 cm³/mol. The maximum Gasteiger partial charge on any atom is 0.272 e. The first-order chi connectivity index (χ1) is 15.3. The Hall–Kier alpha value is -2.51. The van der Waals surface area contributed by atoms with Crippen molar-refractivity contribution >= 4 is 11.7 Å². The Balaban J connectivity index is 1.16. The van der Waals surface area contributed by atoms with Crippen LogP contribution in [0.2, 0.25) is 0 Å². The molecule has 2 fully saturated rings. The van der Waals surface area contributed by atoms with Crippen LogP contribution in [-0.4, -0.2) is 70.5 Å². The van der Waals surface area contributed by atoms with Gasteiger partial charge in [0.1, 0.15) is 17.8 Å². The van der Waals surface area contributed by atoms with Gasteiger partial charge in [0.2, 0.25) is 0 Å². The number of piperidine rings is 2. The van der Waals surface area contributed by atoms with Gasteiger partial charge in [-0.1, -0.05) is 24.3 Å². The summed E-state index contributed by atoms with van der Waals surface area (Å²) >= 11 is 0. The van der Waals surface area contributed by atoms with Gasteiger partial charge in [-0.15, -0.1) is 0 Å². The first kappa shape index (κ1) is 20.4. The molecular formula is C24H32N6O. The number of nitrogens with one attached hydrogen (secondary N) is 2. The van der Waals surface area contributed by atoms with Gasteiger partial charge in [-0.25, -0.2) is 9.97 Å². The number of rotatable bonds is 4. The minimum atomic E-state index is 0.0261. The van der Waals surface area contributed by atoms with E-state index in [1.807, 2.05) is 11.0 Å². The maximum atomic E-state index is 13.1. The van der Waals surface area contributed by atoms with Crippen LogP contribution in [0.25, 0.3) is 0 Å². The second-order valence-corrected chi connectivity index (χ2v) is 8.97. The minimum absolute atomic E-state index is 0.0261. The Morgan fingerprint density at radius 3 is 2.58 bits per heavy atom. The van der Waals surface area contributed by atoms with Gasteiger partial charge in [0.05, 0.1) is 0 Å². The van der Waals surface area contributed by atoms with Crippen LogP contribution in [0.15, 0.2) is 36.7 Å². The van der Waals surface area contributed by atoms with Gasteiger partial charge >= 0.3 is 0 Å². The fourth-order valence-electron chi connectivity index (χ4n) is 5.15. The van der Waals surface area contributed by atoms with Gasteiger partial charge < -0.3 is 15.5 Å². The monoisotopic (exact) mass is 420 g/mol. The molecule has 0 aliphatic carbocycles. The van der Waals surface area contributed by atoms with Gasteiger partial charge in [0.15, 0.2) is 0 Å². The molecule has 1 amide bonds. The Morgan fingerprint density at radius 2 is 1.77 bits per heavy atom. The van der Waals surface area contributed by atoms with Gasteiger partial charge in [0, 0.05) is 44.3 Å². The van der Waals surface area contributed by atoms with Crippen molar-refractivity contribution in [1.29, 1.82) is 0 Å². The van der Waals surface area contributed by atoms with Gasteiger partial charge in [-0.2, -0.15) is 0 Å². The number of amides is 1. The third-order valence-corrected chi connectivity index (χ3v) is 7.01. The molecule has 3 aliphatic rings. The Labute approximate surface area is 184 Å². The largest absolute Gasteiger partial charge is 0.367 e. The molecule has 1 aromatic heterocycles. The maximum absolute atomic E-state index is 13.1. The molecule has 0 bridgehead atoms. The molecular weight excluding hydrogens is 388 g/mol. The van der Waals surface area contributed by atoms with Crippen molar-refractivity contribution in [2.45, 2.75) is 50.7 Å². The summed E-state index contributed by atoms with van der Waals surface area (Å²) in [5.41, 5.74) is 3.45. The zero-order chi connectivity index (χ0) is 21.0. The lowest BCUT2D eigenvalue weighted by Gasteiger charge is -2.40. The number of aromatic nitrogens is 2. The lowest BCUT2D eigenvalue weighted by molar-refractivity contribution is 0.0594. The van der Waals surface area contributed by atoms with Crippen LogP contribution >= 0.6 is 0 Å². The molecule has 31 heavy (non-hydrogen) atoms. The van der Waals surface area contributed by atoms with E-state index >= 15 is 0 Å². The average molecular weight is 421 g/mol. The lowest BCUT2D eigenvalue weighted by atomic mass is 9.95. The molecule has 2 N–H and O–H groups in total. The summed E-state index contributed by atoms with van der Waals surface area (Å²) in [5.74, 6) is 0.783. The number of likely N-dealkylation sites (tertiary alicyclic amines) is 1. The van der Waals surface area contributed by atoms with E-state index in [1.54, 1.807) is 0 Å². The molecule has 4 heterocycles. The van der Waals surface area contributed by atoms with E-state index in [-0.39, 0.29) is 5.91 Å². The molecule has 2 saturated heterocycles. The molecule has 0 spiro atoms. The Bertz CT molecular complexity index is 904. The molecule has 5 rings (SSSR count). The topological polar surface area (TPSA) is 73.4 Å². The summed E-state index contributed by atoms with van der Waals surface area (Å²) in [6.07, 6.45) is 6.83. The second kappa shape index (κ2) is 9.32. The van der Waals surface area contributed by atoms with E-state index in [4.69, 9.17) is 0 Å². The Kier molecular flexibility index (Phi) is 6.13. The fraction of sp³-hybridized carbons (Fsp3) is 0.542. The molecule has 7 heteroatoms. The van der Waals surface area contributed by atoms with Crippen molar-refractivity contribution < 1.29 is 4.79 Å². The van der Waals surface area contributed by atoms with Crippen LogP contribution < -0.4 is 10.6 Å². The van der Waals surface area contributed by atoms with Crippen molar-refractivity contribution in [3.8, 4) is 0 Å². The van der Waals surface area contributed by atoms with Crippen LogP contribution in [0.1, 0.15) is 47.3 Å². The number of fused-ring (bicyclic) bond motifs is 1. The number of hydrogen-bond acceptors (Lipinski definition) is 6. The van der Waals surface area contributed by atoms with Crippen molar-refractivity contribution in [2.75, 3.05) is 38.0 Å². The van der Waals surface area contributed by atoms with Crippen LogP contribution in [-0.2, 0) is 13.0 Å². The van der Waals surface area contributed by atoms with E-state index in [1.165, 1.54) is 17.5 Å². The first-order valence-electron chi connectivity index (χ1n) is 11.7. The fourth-order valence-corrected chi connectivity index (χ4v) is 5.15. The van der Waals surface area contributed by atoms with Crippen molar-refractivity contribution in [3.05, 3.63) is 53.5 Å². The Morgan fingerprint density at radius 1 is 1.00 bits per heavy atom. The van der Waals surface area contributed by atoms with E-state index < -0.39 is 0 Å². The summed E-state index contributed by atoms with van der Waals surface area (Å²) in [5, 5.41) is 6.84. The molecule has 0 radical (unpaired) electrons. The number of nitrogens with zero attached hydrogens (tertiary/aromatic N) is 4. The summed E-state index contributed by atoms with van der Waals surface area (Å²) in [6.45, 7) is 5.78. The zero-order valence-corrected chi connectivity index (χ0v) is 18.1. The smallest absolute Gasteiger partial charge is 0.272 e. The number of hydrogen-bond donors (Lipinski definition) is 2. The summed E-state index contributed by atoms with van der Waals surface area (Å²) in [6, 6.07) is 11.6. The van der Waals surface area contributed by atoms with E-state index in [9.17, 15) is 4.79 Å². The van der Waals surface area contributed by atoms with Crippen LogP contribution in [0.5, 0.6) is 0 Å². The lowest BCUT2D eigenvalue weighted by Crippen LogP contribution is -2.48. The second-order valence-electron chi connectivity index (χ2n) is 8.97. The summed E-state index contributed by atoms with van der Waals surface area (Å²) in [4.78, 5) is 26.3. The highest BCUT2D eigenvalue weighted by atomic mass is 16.2. The minimum Gasteiger partial charge on any atom is -0.367 e. The molecule has 2 aromatic rings. The third kappa shape index (κ3) is 4.72. The normalized spacial score (nSPS) is 21.0. The van der Waals surface area contributed by atoms with Crippen LogP contribution in [0, 0.1) is 0 Å². The molecule has 0 atom stereocenters. The zero-order valence-electron chi connectivity index (χ0n) is 18.1. The number of anilines is 1. The van der Waals surface area contributed by atoms with Crippen LogP contribution in [0.3, 0.4) is 0 Å². The van der Waals surface area contributed by atoms with E-state index in [2.05, 4.69) is 49.8 Å². The SMILES string of the molecule is O=C(c1cc(NC2CCNCC2)ncn1)N1CCC(N2CCc3ccccc3C2)CC1. The molecule has 3 aliphatic heterocycles. The number of carbonyl (C=O) groups is 1. The van der Waals surface area contributed by atoms with Crippen molar-refractivity contribution in [1.82, 2.24) is 25.1 Å². The summed E-state index contributed by atoms with van der Waals surface area (Å²) in [7, 11) is 0. The van der Waals surface area contributed by atoms with Crippen molar-refractivity contribution in [2.24, 2.45) is 0 Å². The predicted octanol–water partition coefficient (Wildman–Crippen LogP) is 2.30. The van der Waals surface area contributed by atoms with E-state index in [0.29, 0.717) is 17.8 Å². The highest BCUT2D eigenvalue weighted by molar-refractivity contribution is 5.93. The van der Waals surface area contributed by atoms with E-state index in [0.717, 1.165) is 77.2 Å². The quantitative estimate of drug-likeness (QED) is 0.791.